The molecular formula is C19H20Cl3N5O3. The largest absolute Gasteiger partial charge is 0.493 e. The van der Waals surface area contributed by atoms with Gasteiger partial charge in [-0.1, -0.05) is 34.8 Å². The SMILES string of the molecule is COC(=O)C(N)CCCOc1cc(Cl)cc(Cl)c1Cn1cnc2c(N)ncc(Cl)c21. The highest BCUT2D eigenvalue weighted by molar-refractivity contribution is 6.36. The molecule has 0 fully saturated rings. The highest BCUT2D eigenvalue weighted by Gasteiger charge is 2.17. The van der Waals surface area contributed by atoms with Crippen LogP contribution in [0.3, 0.4) is 0 Å². The Bertz CT molecular complexity index is 1070. The third-order valence-corrected chi connectivity index (χ3v) is 5.32. The van der Waals surface area contributed by atoms with Crippen LogP contribution in [-0.4, -0.2) is 40.3 Å². The molecule has 0 bridgehead atoms. The molecule has 0 saturated heterocycles. The van der Waals surface area contributed by atoms with Gasteiger partial charge < -0.3 is 25.5 Å². The van der Waals surface area contributed by atoms with E-state index in [4.69, 9.17) is 51.0 Å². The first-order valence-corrected chi connectivity index (χ1v) is 10.1. The Morgan fingerprint density at radius 2 is 2.00 bits per heavy atom. The molecular weight excluding hydrogens is 453 g/mol. The molecule has 8 nitrogen and oxygen atoms in total. The van der Waals surface area contributed by atoms with Gasteiger partial charge in [-0.2, -0.15) is 0 Å². The van der Waals surface area contributed by atoms with Gasteiger partial charge in [0.1, 0.15) is 17.3 Å². The van der Waals surface area contributed by atoms with Gasteiger partial charge in [0.05, 0.1) is 48.3 Å². The van der Waals surface area contributed by atoms with Crippen molar-refractivity contribution >= 4 is 57.6 Å². The van der Waals surface area contributed by atoms with E-state index in [1.807, 2.05) is 4.57 Å². The number of nitrogen functional groups attached to an aromatic ring is 1. The quantitative estimate of drug-likeness (QED) is 0.379. The molecule has 3 aromatic rings. The smallest absolute Gasteiger partial charge is 0.322 e. The highest BCUT2D eigenvalue weighted by atomic mass is 35.5. The molecule has 1 unspecified atom stereocenters. The standard InChI is InChI=1S/C19H20Cl3N5O3/c1-29-19(28)14(23)3-2-4-30-15-6-10(20)5-12(21)11(15)8-27-9-26-16-17(27)13(22)7-25-18(16)24/h5-7,9,14H,2-4,8,23H2,1H3,(H2,24,25). The number of anilines is 1. The summed E-state index contributed by atoms with van der Waals surface area (Å²) in [5.41, 5.74) is 13.5. The summed E-state index contributed by atoms with van der Waals surface area (Å²) in [6.07, 6.45) is 4.05. The lowest BCUT2D eigenvalue weighted by Gasteiger charge is -2.16. The second-order valence-electron chi connectivity index (χ2n) is 6.55. The van der Waals surface area contributed by atoms with E-state index in [0.29, 0.717) is 63.4 Å². The van der Waals surface area contributed by atoms with E-state index in [-0.39, 0.29) is 5.82 Å². The molecule has 0 aliphatic carbocycles. The number of pyridine rings is 1. The van der Waals surface area contributed by atoms with Crippen LogP contribution in [0.25, 0.3) is 11.0 Å². The molecule has 0 amide bonds. The molecule has 2 heterocycles. The van der Waals surface area contributed by atoms with Crippen LogP contribution in [0.1, 0.15) is 18.4 Å². The molecule has 1 atom stereocenters. The summed E-state index contributed by atoms with van der Waals surface area (Å²) in [6, 6.07) is 2.62. The van der Waals surface area contributed by atoms with Gasteiger partial charge in [0.25, 0.3) is 0 Å². The van der Waals surface area contributed by atoms with Crippen molar-refractivity contribution in [1.29, 1.82) is 0 Å². The third-order valence-electron chi connectivity index (χ3n) is 4.49. The maximum Gasteiger partial charge on any atom is 0.322 e. The molecule has 0 spiro atoms. The summed E-state index contributed by atoms with van der Waals surface area (Å²) in [7, 11) is 1.30. The predicted molar refractivity (Wildman–Crippen MR) is 117 cm³/mol. The summed E-state index contributed by atoms with van der Waals surface area (Å²) < 4.78 is 12.3. The van der Waals surface area contributed by atoms with Gasteiger partial charge in [0.2, 0.25) is 0 Å². The number of ether oxygens (including phenoxy) is 2. The highest BCUT2D eigenvalue weighted by Crippen LogP contribution is 2.34. The Kier molecular flexibility index (Phi) is 7.25. The lowest BCUT2D eigenvalue weighted by Crippen LogP contribution is -2.31. The second kappa shape index (κ2) is 9.70. The van der Waals surface area contributed by atoms with Crippen molar-refractivity contribution in [1.82, 2.24) is 14.5 Å². The maximum absolute atomic E-state index is 11.4. The molecule has 0 aliphatic heterocycles. The number of esters is 1. The van der Waals surface area contributed by atoms with Gasteiger partial charge in [0.15, 0.2) is 5.82 Å². The van der Waals surface area contributed by atoms with E-state index in [1.165, 1.54) is 13.3 Å². The number of hydrogen-bond acceptors (Lipinski definition) is 7. The third kappa shape index (κ3) is 4.89. The van der Waals surface area contributed by atoms with Gasteiger partial charge in [-0.3, -0.25) is 4.79 Å². The van der Waals surface area contributed by atoms with Gasteiger partial charge in [-0.25, -0.2) is 9.97 Å². The molecule has 1 aromatic carbocycles. The fourth-order valence-corrected chi connectivity index (χ4v) is 3.76. The minimum atomic E-state index is -0.695. The van der Waals surface area contributed by atoms with E-state index in [9.17, 15) is 4.79 Å². The van der Waals surface area contributed by atoms with Crippen molar-refractivity contribution in [3.05, 3.63) is 45.3 Å². The Morgan fingerprint density at radius 3 is 2.73 bits per heavy atom. The Morgan fingerprint density at radius 1 is 1.23 bits per heavy atom. The number of benzene rings is 1. The number of rotatable bonds is 8. The van der Waals surface area contributed by atoms with Crippen LogP contribution in [0.5, 0.6) is 5.75 Å². The topological polar surface area (TPSA) is 118 Å². The fraction of sp³-hybridized carbons (Fsp3) is 0.316. The number of aromatic nitrogens is 3. The zero-order valence-corrected chi connectivity index (χ0v) is 18.3. The molecule has 0 radical (unpaired) electrons. The lowest BCUT2D eigenvalue weighted by molar-refractivity contribution is -0.142. The summed E-state index contributed by atoms with van der Waals surface area (Å²) in [4.78, 5) is 19.7. The number of nitrogens with zero attached hydrogens (tertiary/aromatic N) is 3. The van der Waals surface area contributed by atoms with Crippen molar-refractivity contribution in [3.8, 4) is 5.75 Å². The van der Waals surface area contributed by atoms with E-state index in [1.54, 1.807) is 18.5 Å². The maximum atomic E-state index is 11.4. The molecule has 4 N–H and O–H groups in total. The molecule has 11 heteroatoms. The first kappa shape index (κ1) is 22.4. The van der Waals surface area contributed by atoms with Gasteiger partial charge in [0, 0.05) is 10.6 Å². The average molecular weight is 473 g/mol. The monoisotopic (exact) mass is 471 g/mol. The normalized spacial score (nSPS) is 12.2. The van der Waals surface area contributed by atoms with Crippen molar-refractivity contribution in [2.24, 2.45) is 5.73 Å². The van der Waals surface area contributed by atoms with E-state index < -0.39 is 12.0 Å². The van der Waals surface area contributed by atoms with Crippen molar-refractivity contribution in [2.45, 2.75) is 25.4 Å². The van der Waals surface area contributed by atoms with Crippen LogP contribution in [-0.2, 0) is 16.1 Å². The van der Waals surface area contributed by atoms with E-state index >= 15 is 0 Å². The summed E-state index contributed by atoms with van der Waals surface area (Å²) >= 11 is 18.9. The van der Waals surface area contributed by atoms with Crippen molar-refractivity contribution < 1.29 is 14.3 Å². The van der Waals surface area contributed by atoms with Crippen LogP contribution in [0.15, 0.2) is 24.7 Å². The first-order valence-electron chi connectivity index (χ1n) is 9.00. The molecule has 0 saturated carbocycles. The van der Waals surface area contributed by atoms with Gasteiger partial charge >= 0.3 is 5.97 Å². The lowest BCUT2D eigenvalue weighted by atomic mass is 10.1. The van der Waals surface area contributed by atoms with E-state index in [2.05, 4.69) is 14.7 Å². The number of methoxy groups -OCH3 is 1. The van der Waals surface area contributed by atoms with Crippen molar-refractivity contribution in [2.75, 3.05) is 19.5 Å². The van der Waals surface area contributed by atoms with E-state index in [0.717, 1.165) is 0 Å². The summed E-state index contributed by atoms with van der Waals surface area (Å²) in [5.74, 6) is 0.340. The number of halogens is 3. The van der Waals surface area contributed by atoms with Gasteiger partial charge in [-0.05, 0) is 25.0 Å². The van der Waals surface area contributed by atoms with Crippen LogP contribution < -0.4 is 16.2 Å². The van der Waals surface area contributed by atoms with Crippen LogP contribution in [0.2, 0.25) is 15.1 Å². The van der Waals surface area contributed by atoms with Crippen LogP contribution >= 0.6 is 34.8 Å². The minimum absolute atomic E-state index is 0.286. The number of imidazole rings is 1. The summed E-state index contributed by atoms with van der Waals surface area (Å²) in [5, 5.41) is 1.29. The Hall–Kier alpha value is -2.26. The number of carbonyl (C=O) groups excluding carboxylic acids is 1. The number of nitrogens with two attached hydrogens (primary N) is 2. The number of hydrogen-bond donors (Lipinski definition) is 2. The van der Waals surface area contributed by atoms with Crippen LogP contribution in [0.4, 0.5) is 5.82 Å². The molecule has 160 valence electrons. The molecule has 3 rings (SSSR count). The zero-order chi connectivity index (χ0) is 21.8. The first-order chi connectivity index (χ1) is 14.3. The zero-order valence-electron chi connectivity index (χ0n) is 16.1. The molecule has 0 aliphatic rings. The van der Waals surface area contributed by atoms with Gasteiger partial charge in [-0.15, -0.1) is 0 Å². The number of carbonyl (C=O) groups is 1. The predicted octanol–water partition coefficient (Wildman–Crippen LogP) is 3.68. The minimum Gasteiger partial charge on any atom is -0.493 e. The summed E-state index contributed by atoms with van der Waals surface area (Å²) in [6.45, 7) is 0.642. The van der Waals surface area contributed by atoms with Crippen LogP contribution in [0, 0.1) is 0 Å². The van der Waals surface area contributed by atoms with Crippen molar-refractivity contribution in [3.63, 3.8) is 0 Å². The molecule has 2 aromatic heterocycles. The second-order valence-corrected chi connectivity index (χ2v) is 7.80. The average Bonchev–Trinajstić information content (AvgIpc) is 3.14. The Labute approximate surface area is 188 Å². The Balaban J connectivity index is 1.81. The number of fused-ring (bicyclic) bond motifs is 1. The molecule has 30 heavy (non-hydrogen) atoms. The fourth-order valence-electron chi connectivity index (χ4n) is 2.98.